The molecule has 0 radical (unpaired) electrons. The average Bonchev–Trinajstić information content (AvgIpc) is 2.65. The number of benzene rings is 1. The number of nitrogens with zero attached hydrogens (tertiary/aromatic N) is 4. The van der Waals surface area contributed by atoms with Crippen LogP contribution in [0.15, 0.2) is 23.4 Å². The van der Waals surface area contributed by atoms with E-state index in [9.17, 15) is 8.42 Å². The fourth-order valence-corrected chi connectivity index (χ4v) is 2.37. The van der Waals surface area contributed by atoms with Crippen molar-refractivity contribution in [2.45, 2.75) is 12.1 Å². The van der Waals surface area contributed by atoms with E-state index in [4.69, 9.17) is 11.6 Å². The summed E-state index contributed by atoms with van der Waals surface area (Å²) in [6.45, 7) is 1.80. The molecule has 90 valence electrons. The SMILES string of the molecule is Cc1cccc(Cl)c1-n1nnnc1S(C)(=O)=O. The van der Waals surface area contributed by atoms with Crippen molar-refractivity contribution in [2.75, 3.05) is 6.26 Å². The Kier molecular flexibility index (Phi) is 2.88. The summed E-state index contributed by atoms with van der Waals surface area (Å²) in [5, 5.41) is 10.7. The van der Waals surface area contributed by atoms with E-state index >= 15 is 0 Å². The minimum Gasteiger partial charge on any atom is -0.221 e. The molecule has 17 heavy (non-hydrogen) atoms. The number of rotatable bonds is 2. The molecular formula is C9H9ClN4O2S. The number of halogens is 1. The summed E-state index contributed by atoms with van der Waals surface area (Å²) in [6, 6.07) is 5.22. The van der Waals surface area contributed by atoms with Gasteiger partial charge in [-0.1, -0.05) is 28.8 Å². The van der Waals surface area contributed by atoms with Crippen molar-refractivity contribution in [3.05, 3.63) is 28.8 Å². The van der Waals surface area contributed by atoms with Crippen LogP contribution in [0.2, 0.25) is 5.02 Å². The van der Waals surface area contributed by atoms with E-state index in [0.29, 0.717) is 10.7 Å². The third kappa shape index (κ3) is 2.16. The molecule has 2 rings (SSSR count). The fourth-order valence-electron chi connectivity index (χ4n) is 1.44. The van der Waals surface area contributed by atoms with Gasteiger partial charge in [0.1, 0.15) is 0 Å². The van der Waals surface area contributed by atoms with Crippen LogP contribution in [0, 0.1) is 6.92 Å². The molecule has 0 unspecified atom stereocenters. The van der Waals surface area contributed by atoms with Gasteiger partial charge in [0.25, 0.3) is 5.16 Å². The Balaban J connectivity index is 2.75. The van der Waals surface area contributed by atoms with Crippen molar-refractivity contribution in [1.82, 2.24) is 20.2 Å². The Morgan fingerprint density at radius 1 is 1.35 bits per heavy atom. The van der Waals surface area contributed by atoms with E-state index in [-0.39, 0.29) is 5.16 Å². The third-order valence-corrected chi connectivity index (χ3v) is 3.40. The van der Waals surface area contributed by atoms with Crippen LogP contribution < -0.4 is 0 Å². The molecular weight excluding hydrogens is 264 g/mol. The third-order valence-electron chi connectivity index (χ3n) is 2.17. The zero-order valence-corrected chi connectivity index (χ0v) is 10.7. The second-order valence-electron chi connectivity index (χ2n) is 3.55. The molecule has 0 amide bonds. The lowest BCUT2D eigenvalue weighted by Crippen LogP contribution is -2.10. The van der Waals surface area contributed by atoms with Crippen molar-refractivity contribution in [3.8, 4) is 5.69 Å². The number of tetrazole rings is 1. The molecule has 0 fully saturated rings. The molecule has 0 bridgehead atoms. The fraction of sp³-hybridized carbons (Fsp3) is 0.222. The summed E-state index contributed by atoms with van der Waals surface area (Å²) in [4.78, 5) is 0. The van der Waals surface area contributed by atoms with Crippen molar-refractivity contribution in [1.29, 1.82) is 0 Å². The Morgan fingerprint density at radius 3 is 2.65 bits per heavy atom. The number of aromatic nitrogens is 4. The molecule has 8 heteroatoms. The largest absolute Gasteiger partial charge is 0.272 e. The van der Waals surface area contributed by atoms with Gasteiger partial charge in [-0.25, -0.2) is 8.42 Å². The van der Waals surface area contributed by atoms with Gasteiger partial charge in [0, 0.05) is 6.26 Å². The highest BCUT2D eigenvalue weighted by molar-refractivity contribution is 7.90. The Bertz CT molecular complexity index is 645. The summed E-state index contributed by atoms with van der Waals surface area (Å²) < 4.78 is 24.1. The monoisotopic (exact) mass is 272 g/mol. The molecule has 0 N–H and O–H groups in total. The second kappa shape index (κ2) is 4.08. The lowest BCUT2D eigenvalue weighted by molar-refractivity contribution is 0.586. The quantitative estimate of drug-likeness (QED) is 0.816. The van der Waals surface area contributed by atoms with E-state index in [0.717, 1.165) is 16.5 Å². The predicted molar refractivity (Wildman–Crippen MR) is 62.0 cm³/mol. The minimum atomic E-state index is -3.50. The van der Waals surface area contributed by atoms with Gasteiger partial charge >= 0.3 is 0 Å². The topological polar surface area (TPSA) is 77.7 Å². The standard InChI is InChI=1S/C9H9ClN4O2S/c1-6-4-3-5-7(10)8(6)14-9(11-12-13-14)17(2,15)16/h3-5H,1-2H3. The van der Waals surface area contributed by atoms with E-state index in [1.54, 1.807) is 25.1 Å². The van der Waals surface area contributed by atoms with Gasteiger partial charge in [-0.05, 0) is 29.0 Å². The van der Waals surface area contributed by atoms with Crippen LogP contribution in [-0.4, -0.2) is 34.9 Å². The Morgan fingerprint density at radius 2 is 2.06 bits per heavy atom. The van der Waals surface area contributed by atoms with Gasteiger partial charge in [-0.15, -0.1) is 0 Å². The van der Waals surface area contributed by atoms with Gasteiger partial charge in [0.2, 0.25) is 9.84 Å². The predicted octanol–water partition coefficient (Wildman–Crippen LogP) is 1.03. The molecule has 0 aliphatic rings. The molecule has 0 saturated heterocycles. The van der Waals surface area contributed by atoms with E-state index in [1.165, 1.54) is 0 Å². The molecule has 0 aliphatic heterocycles. The molecule has 0 saturated carbocycles. The number of para-hydroxylation sites is 1. The number of hydrogen-bond acceptors (Lipinski definition) is 5. The molecule has 2 aromatic rings. The normalized spacial score (nSPS) is 11.7. The summed E-state index contributed by atoms with van der Waals surface area (Å²) in [5.41, 5.74) is 1.26. The molecule has 0 spiro atoms. The average molecular weight is 273 g/mol. The van der Waals surface area contributed by atoms with Crippen LogP contribution in [0.5, 0.6) is 0 Å². The first kappa shape index (κ1) is 12.0. The van der Waals surface area contributed by atoms with Crippen LogP contribution in [0.1, 0.15) is 5.56 Å². The van der Waals surface area contributed by atoms with Crippen LogP contribution in [0.4, 0.5) is 0 Å². The highest BCUT2D eigenvalue weighted by Crippen LogP contribution is 2.24. The smallest absolute Gasteiger partial charge is 0.221 e. The highest BCUT2D eigenvalue weighted by atomic mass is 35.5. The van der Waals surface area contributed by atoms with E-state index in [1.807, 2.05) is 0 Å². The van der Waals surface area contributed by atoms with Gasteiger partial charge in [0.05, 0.1) is 10.7 Å². The zero-order valence-electron chi connectivity index (χ0n) is 9.12. The van der Waals surface area contributed by atoms with Gasteiger partial charge < -0.3 is 0 Å². The molecule has 0 aliphatic carbocycles. The molecule has 1 aromatic carbocycles. The Labute approximate surface area is 103 Å². The summed E-state index contributed by atoms with van der Waals surface area (Å²) in [6.07, 6.45) is 1.04. The Hall–Kier alpha value is -1.47. The first-order valence-electron chi connectivity index (χ1n) is 4.65. The number of aryl methyl sites for hydroxylation is 1. The molecule has 6 nitrogen and oxygen atoms in total. The van der Waals surface area contributed by atoms with Crippen molar-refractivity contribution in [2.24, 2.45) is 0 Å². The van der Waals surface area contributed by atoms with Gasteiger partial charge in [-0.2, -0.15) is 4.68 Å². The lowest BCUT2D eigenvalue weighted by atomic mass is 10.2. The summed E-state index contributed by atoms with van der Waals surface area (Å²) in [7, 11) is -3.50. The van der Waals surface area contributed by atoms with E-state index < -0.39 is 9.84 Å². The van der Waals surface area contributed by atoms with Crippen molar-refractivity contribution >= 4 is 21.4 Å². The van der Waals surface area contributed by atoms with Crippen molar-refractivity contribution in [3.63, 3.8) is 0 Å². The van der Waals surface area contributed by atoms with Crippen LogP contribution in [-0.2, 0) is 9.84 Å². The maximum absolute atomic E-state index is 11.5. The first-order chi connectivity index (χ1) is 7.91. The van der Waals surface area contributed by atoms with Gasteiger partial charge in [-0.3, -0.25) is 0 Å². The van der Waals surface area contributed by atoms with Crippen molar-refractivity contribution < 1.29 is 8.42 Å². The van der Waals surface area contributed by atoms with Crippen LogP contribution in [0.25, 0.3) is 5.69 Å². The number of sulfone groups is 1. The maximum atomic E-state index is 11.5. The molecule has 1 aromatic heterocycles. The van der Waals surface area contributed by atoms with Crippen LogP contribution in [0.3, 0.4) is 0 Å². The van der Waals surface area contributed by atoms with E-state index in [2.05, 4.69) is 15.5 Å². The molecule has 1 heterocycles. The number of hydrogen-bond donors (Lipinski definition) is 0. The second-order valence-corrected chi connectivity index (χ2v) is 5.87. The van der Waals surface area contributed by atoms with Crippen LogP contribution >= 0.6 is 11.6 Å². The highest BCUT2D eigenvalue weighted by Gasteiger charge is 2.21. The molecule has 0 atom stereocenters. The zero-order chi connectivity index (χ0) is 12.6. The lowest BCUT2D eigenvalue weighted by Gasteiger charge is -2.08. The summed E-state index contributed by atoms with van der Waals surface area (Å²) >= 11 is 6.03. The maximum Gasteiger partial charge on any atom is 0.272 e. The van der Waals surface area contributed by atoms with Gasteiger partial charge in [0.15, 0.2) is 0 Å². The summed E-state index contributed by atoms with van der Waals surface area (Å²) in [5.74, 6) is 0. The minimum absolute atomic E-state index is 0.228. The first-order valence-corrected chi connectivity index (χ1v) is 6.92.